The topological polar surface area (TPSA) is 51.5 Å². The van der Waals surface area contributed by atoms with Crippen LogP contribution in [0.1, 0.15) is 11.3 Å². The summed E-state index contributed by atoms with van der Waals surface area (Å²) in [6.45, 7) is 2.64. The summed E-state index contributed by atoms with van der Waals surface area (Å²) < 4.78 is 7.48. The third-order valence-electron chi connectivity index (χ3n) is 4.06. The lowest BCUT2D eigenvalue weighted by molar-refractivity contribution is 0.410. The molecule has 2 aromatic carbocycles. The predicted molar refractivity (Wildman–Crippen MR) is 95.6 cm³/mol. The van der Waals surface area contributed by atoms with Gasteiger partial charge in [0, 0.05) is 23.9 Å². The maximum atomic E-state index is 5.43. The zero-order valence-electron chi connectivity index (χ0n) is 13.7. The Hall–Kier alpha value is -3.08. The van der Waals surface area contributed by atoms with E-state index in [-0.39, 0.29) is 0 Å². The van der Waals surface area contributed by atoms with Crippen molar-refractivity contribution in [1.29, 1.82) is 0 Å². The molecular formula is C19H18N4O. The Balaban J connectivity index is 1.78. The molecule has 5 nitrogen and oxygen atoms in total. The Morgan fingerprint density at radius 3 is 2.71 bits per heavy atom. The SMILES string of the molecule is COc1ccccc1CNc1cc(C)nc2nc3ccccc3n12. The predicted octanol–water partition coefficient (Wildman–Crippen LogP) is 3.81. The molecule has 0 saturated carbocycles. The number of methoxy groups -OCH3 is 1. The van der Waals surface area contributed by atoms with Crippen molar-refractivity contribution in [2.45, 2.75) is 13.5 Å². The van der Waals surface area contributed by atoms with Crippen LogP contribution in [0.3, 0.4) is 0 Å². The van der Waals surface area contributed by atoms with Crippen molar-refractivity contribution in [2.75, 3.05) is 12.4 Å². The number of anilines is 1. The third-order valence-corrected chi connectivity index (χ3v) is 4.06. The fourth-order valence-corrected chi connectivity index (χ4v) is 2.94. The van der Waals surface area contributed by atoms with Gasteiger partial charge in [-0.1, -0.05) is 30.3 Å². The highest BCUT2D eigenvalue weighted by Crippen LogP contribution is 2.23. The lowest BCUT2D eigenvalue weighted by Gasteiger charge is -2.12. The molecule has 0 saturated heterocycles. The lowest BCUT2D eigenvalue weighted by Crippen LogP contribution is -2.07. The van der Waals surface area contributed by atoms with Gasteiger partial charge in [-0.3, -0.25) is 4.40 Å². The van der Waals surface area contributed by atoms with E-state index in [1.165, 1.54) is 0 Å². The molecule has 2 aromatic heterocycles. The molecule has 0 amide bonds. The fourth-order valence-electron chi connectivity index (χ4n) is 2.94. The average molecular weight is 318 g/mol. The molecule has 0 aliphatic heterocycles. The first kappa shape index (κ1) is 14.5. The van der Waals surface area contributed by atoms with Crippen LogP contribution in [0.2, 0.25) is 0 Å². The first-order valence-electron chi connectivity index (χ1n) is 7.87. The van der Waals surface area contributed by atoms with Gasteiger partial charge in [0.1, 0.15) is 11.6 Å². The van der Waals surface area contributed by atoms with Gasteiger partial charge in [0.25, 0.3) is 0 Å². The van der Waals surface area contributed by atoms with Gasteiger partial charge < -0.3 is 10.1 Å². The van der Waals surface area contributed by atoms with Gasteiger partial charge in [0.05, 0.1) is 18.1 Å². The van der Waals surface area contributed by atoms with Gasteiger partial charge in [0.2, 0.25) is 5.78 Å². The monoisotopic (exact) mass is 318 g/mol. The van der Waals surface area contributed by atoms with Crippen molar-refractivity contribution < 1.29 is 4.74 Å². The quantitative estimate of drug-likeness (QED) is 0.621. The van der Waals surface area contributed by atoms with Crippen molar-refractivity contribution >= 4 is 22.6 Å². The van der Waals surface area contributed by atoms with E-state index in [1.54, 1.807) is 7.11 Å². The van der Waals surface area contributed by atoms with Crippen molar-refractivity contribution in [3.63, 3.8) is 0 Å². The number of fused-ring (bicyclic) bond motifs is 3. The molecule has 0 fully saturated rings. The normalized spacial score (nSPS) is 11.1. The molecule has 1 N–H and O–H groups in total. The highest BCUT2D eigenvalue weighted by Gasteiger charge is 2.10. The van der Waals surface area contributed by atoms with Crippen LogP contribution in [0.25, 0.3) is 16.8 Å². The number of hydrogen-bond acceptors (Lipinski definition) is 4. The number of nitrogens with zero attached hydrogens (tertiary/aromatic N) is 3. The Kier molecular flexibility index (Phi) is 3.54. The number of ether oxygens (including phenoxy) is 1. The molecule has 120 valence electrons. The molecule has 4 rings (SSSR count). The maximum absolute atomic E-state index is 5.43. The molecule has 0 unspecified atom stereocenters. The third kappa shape index (κ3) is 2.44. The fraction of sp³-hybridized carbons (Fsp3) is 0.158. The molecular weight excluding hydrogens is 300 g/mol. The summed E-state index contributed by atoms with van der Waals surface area (Å²) in [5.74, 6) is 2.55. The number of aryl methyl sites for hydroxylation is 1. The molecule has 0 aliphatic carbocycles. The van der Waals surface area contributed by atoms with Crippen LogP contribution in [0.4, 0.5) is 5.82 Å². The number of nitrogens with one attached hydrogen (secondary N) is 1. The Bertz CT molecular complexity index is 1020. The highest BCUT2D eigenvalue weighted by molar-refractivity contribution is 5.81. The first-order valence-corrected chi connectivity index (χ1v) is 7.87. The van der Waals surface area contributed by atoms with E-state index in [1.807, 2.05) is 49.4 Å². The van der Waals surface area contributed by atoms with Crippen LogP contribution in [-0.4, -0.2) is 21.5 Å². The molecule has 5 heteroatoms. The number of hydrogen-bond donors (Lipinski definition) is 1. The van der Waals surface area contributed by atoms with Gasteiger partial charge in [-0.05, 0) is 25.1 Å². The lowest BCUT2D eigenvalue weighted by atomic mass is 10.2. The Morgan fingerprint density at radius 2 is 1.83 bits per heavy atom. The summed E-state index contributed by atoms with van der Waals surface area (Å²) in [7, 11) is 1.69. The van der Waals surface area contributed by atoms with Gasteiger partial charge in [-0.15, -0.1) is 0 Å². The molecule has 24 heavy (non-hydrogen) atoms. The molecule has 0 aliphatic rings. The molecule has 0 atom stereocenters. The van der Waals surface area contributed by atoms with Crippen LogP contribution in [0, 0.1) is 6.92 Å². The molecule has 2 heterocycles. The molecule has 4 aromatic rings. The van der Waals surface area contributed by atoms with E-state index in [0.717, 1.165) is 33.9 Å². The van der Waals surface area contributed by atoms with Crippen LogP contribution < -0.4 is 10.1 Å². The summed E-state index contributed by atoms with van der Waals surface area (Å²) in [4.78, 5) is 9.16. The van der Waals surface area contributed by atoms with E-state index < -0.39 is 0 Å². The summed E-state index contributed by atoms with van der Waals surface area (Å²) in [6.07, 6.45) is 0. The van der Waals surface area contributed by atoms with Crippen molar-refractivity contribution in [1.82, 2.24) is 14.4 Å². The van der Waals surface area contributed by atoms with E-state index >= 15 is 0 Å². The number of aromatic nitrogens is 3. The van der Waals surface area contributed by atoms with Crippen LogP contribution in [0.15, 0.2) is 54.6 Å². The standard InChI is InChI=1S/C19H18N4O/c1-13-11-18(20-12-14-7-3-6-10-17(14)24-2)23-16-9-5-4-8-15(16)22-19(23)21-13/h3-11,20H,12H2,1-2H3. The zero-order valence-corrected chi connectivity index (χ0v) is 13.7. The van der Waals surface area contributed by atoms with Crippen molar-refractivity contribution in [3.05, 3.63) is 65.9 Å². The van der Waals surface area contributed by atoms with Crippen LogP contribution in [-0.2, 0) is 6.54 Å². The second kappa shape index (κ2) is 5.85. The summed E-state index contributed by atoms with van der Waals surface area (Å²) in [6, 6.07) is 18.1. The van der Waals surface area contributed by atoms with E-state index in [9.17, 15) is 0 Å². The van der Waals surface area contributed by atoms with Crippen LogP contribution >= 0.6 is 0 Å². The number of rotatable bonds is 4. The summed E-state index contributed by atoms with van der Waals surface area (Å²) >= 11 is 0. The van der Waals surface area contributed by atoms with Crippen molar-refractivity contribution in [3.8, 4) is 5.75 Å². The Morgan fingerprint density at radius 1 is 1.04 bits per heavy atom. The second-order valence-electron chi connectivity index (χ2n) is 5.68. The minimum atomic E-state index is 0.662. The minimum Gasteiger partial charge on any atom is -0.496 e. The molecule has 0 radical (unpaired) electrons. The van der Waals surface area contributed by atoms with Crippen molar-refractivity contribution in [2.24, 2.45) is 0 Å². The number of benzene rings is 2. The average Bonchev–Trinajstić information content (AvgIpc) is 2.98. The number of imidazole rings is 1. The van der Waals surface area contributed by atoms with E-state index in [2.05, 4.69) is 31.8 Å². The number of para-hydroxylation sites is 3. The first-order chi connectivity index (χ1) is 11.8. The highest BCUT2D eigenvalue weighted by atomic mass is 16.5. The van der Waals surface area contributed by atoms with Gasteiger partial charge >= 0.3 is 0 Å². The maximum Gasteiger partial charge on any atom is 0.236 e. The van der Waals surface area contributed by atoms with E-state index in [0.29, 0.717) is 12.3 Å². The van der Waals surface area contributed by atoms with Gasteiger partial charge in [-0.25, -0.2) is 9.97 Å². The second-order valence-corrected chi connectivity index (χ2v) is 5.68. The van der Waals surface area contributed by atoms with E-state index in [4.69, 9.17) is 4.74 Å². The van der Waals surface area contributed by atoms with Crippen LogP contribution in [0.5, 0.6) is 5.75 Å². The summed E-state index contributed by atoms with van der Waals surface area (Å²) in [5, 5.41) is 3.50. The minimum absolute atomic E-state index is 0.662. The Labute approximate surface area is 139 Å². The molecule has 0 spiro atoms. The smallest absolute Gasteiger partial charge is 0.236 e. The van der Waals surface area contributed by atoms with Gasteiger partial charge in [-0.2, -0.15) is 0 Å². The zero-order chi connectivity index (χ0) is 16.5. The largest absolute Gasteiger partial charge is 0.496 e. The summed E-state index contributed by atoms with van der Waals surface area (Å²) in [5.41, 5.74) is 4.02. The molecule has 0 bridgehead atoms. The van der Waals surface area contributed by atoms with Gasteiger partial charge in [0.15, 0.2) is 0 Å².